The minimum absolute atomic E-state index is 0.256. The average molecular weight is 449 g/mol. The van der Waals surface area contributed by atoms with Crippen LogP contribution in [0.25, 0.3) is 0 Å². The number of hydrogen-bond acceptors (Lipinski definition) is 6. The summed E-state index contributed by atoms with van der Waals surface area (Å²) in [5, 5.41) is 2.83. The van der Waals surface area contributed by atoms with Crippen molar-refractivity contribution in [3.63, 3.8) is 0 Å². The van der Waals surface area contributed by atoms with Crippen LogP contribution in [0.15, 0.2) is 42.5 Å². The first kappa shape index (κ1) is 22.7. The molecule has 0 saturated carbocycles. The van der Waals surface area contributed by atoms with Crippen molar-refractivity contribution >= 4 is 21.6 Å². The number of amides is 1. The summed E-state index contributed by atoms with van der Waals surface area (Å²) in [4.78, 5) is 12.9. The predicted octanol–water partition coefficient (Wildman–Crippen LogP) is 2.50. The summed E-state index contributed by atoms with van der Waals surface area (Å²) in [6, 6.07) is 11.1. The zero-order valence-corrected chi connectivity index (χ0v) is 18.9. The van der Waals surface area contributed by atoms with Crippen LogP contribution in [0.5, 0.6) is 17.2 Å². The molecule has 1 aliphatic rings. The fourth-order valence-electron chi connectivity index (χ4n) is 3.32. The number of rotatable bonds is 8. The van der Waals surface area contributed by atoms with Gasteiger partial charge in [-0.2, -0.15) is 0 Å². The second-order valence-corrected chi connectivity index (χ2v) is 9.41. The summed E-state index contributed by atoms with van der Waals surface area (Å²) in [7, 11) is -3.74. The lowest BCUT2D eigenvalue weighted by Gasteiger charge is -2.30. The van der Waals surface area contributed by atoms with Gasteiger partial charge in [-0.1, -0.05) is 18.2 Å². The molecule has 0 aromatic heterocycles. The highest BCUT2D eigenvalue weighted by molar-refractivity contribution is 7.92. The van der Waals surface area contributed by atoms with Gasteiger partial charge in [0.05, 0.1) is 18.0 Å². The highest BCUT2D eigenvalue weighted by atomic mass is 32.2. The lowest BCUT2D eigenvalue weighted by molar-refractivity contribution is -0.122. The van der Waals surface area contributed by atoms with E-state index in [-0.39, 0.29) is 12.6 Å². The smallest absolute Gasteiger partial charge is 0.243 e. The molecule has 0 unspecified atom stereocenters. The van der Waals surface area contributed by atoms with Gasteiger partial charge in [-0.25, -0.2) is 8.42 Å². The minimum Gasteiger partial charge on any atom is -0.491 e. The van der Waals surface area contributed by atoms with E-state index in [1.807, 2.05) is 31.2 Å². The Morgan fingerprint density at radius 1 is 1.13 bits per heavy atom. The number of anilines is 1. The first-order valence-electron chi connectivity index (χ1n) is 10.0. The molecule has 1 heterocycles. The Morgan fingerprint density at radius 2 is 1.81 bits per heavy atom. The van der Waals surface area contributed by atoms with Crippen molar-refractivity contribution in [2.45, 2.75) is 32.9 Å². The van der Waals surface area contributed by atoms with Gasteiger partial charge in [-0.3, -0.25) is 9.10 Å². The van der Waals surface area contributed by atoms with E-state index >= 15 is 0 Å². The molecule has 8 nitrogen and oxygen atoms in total. The average Bonchev–Trinajstić information content (AvgIpc) is 2.72. The van der Waals surface area contributed by atoms with E-state index in [4.69, 9.17) is 14.2 Å². The Morgan fingerprint density at radius 3 is 2.48 bits per heavy atom. The lowest BCUT2D eigenvalue weighted by Crippen LogP contribution is -2.50. The van der Waals surface area contributed by atoms with Gasteiger partial charge in [-0.15, -0.1) is 0 Å². The normalized spacial score (nSPS) is 15.0. The fraction of sp³-hybridized carbons (Fsp3) is 0.409. The van der Waals surface area contributed by atoms with Crippen molar-refractivity contribution < 1.29 is 27.4 Å². The third-order valence-corrected chi connectivity index (χ3v) is 6.08. The third kappa shape index (κ3) is 5.61. The largest absolute Gasteiger partial charge is 0.491 e. The maximum absolute atomic E-state index is 12.9. The Balaban J connectivity index is 1.70. The fourth-order valence-corrected chi connectivity index (χ4v) is 4.48. The molecule has 2 aromatic rings. The van der Waals surface area contributed by atoms with Crippen LogP contribution in [0, 0.1) is 6.92 Å². The van der Waals surface area contributed by atoms with E-state index in [1.54, 1.807) is 32.0 Å². The quantitative estimate of drug-likeness (QED) is 0.667. The predicted molar refractivity (Wildman–Crippen MR) is 118 cm³/mol. The Bertz CT molecular complexity index is 1040. The molecule has 0 spiro atoms. The molecule has 1 amide bonds. The summed E-state index contributed by atoms with van der Waals surface area (Å²) >= 11 is 0. The molecular formula is C22H28N2O6S. The molecular weight excluding hydrogens is 420 g/mol. The zero-order chi connectivity index (χ0) is 22.6. The van der Waals surface area contributed by atoms with Gasteiger partial charge >= 0.3 is 0 Å². The Hall–Kier alpha value is -2.94. The molecule has 0 fully saturated rings. The summed E-state index contributed by atoms with van der Waals surface area (Å²) in [5.74, 6) is 1.31. The van der Waals surface area contributed by atoms with Gasteiger partial charge in [0.25, 0.3) is 0 Å². The molecule has 2 atom stereocenters. The minimum atomic E-state index is -3.74. The van der Waals surface area contributed by atoms with Gasteiger partial charge < -0.3 is 19.5 Å². The molecule has 1 aliphatic heterocycles. The van der Waals surface area contributed by atoms with Crippen LogP contribution in [0.3, 0.4) is 0 Å². The standard InChI is InChI=1S/C22H28N2O6S/c1-15-7-5-6-8-19(15)30-14-16(2)23-22(25)17(3)24(31(4,26)27)18-9-10-20-21(13-18)29-12-11-28-20/h5-10,13,16-17H,11-12,14H2,1-4H3,(H,23,25)/t16-,17+/m1/s1. The Labute approximate surface area is 183 Å². The second kappa shape index (κ2) is 9.47. The van der Waals surface area contributed by atoms with E-state index in [1.165, 1.54) is 0 Å². The van der Waals surface area contributed by atoms with Crippen molar-refractivity contribution in [2.75, 3.05) is 30.4 Å². The van der Waals surface area contributed by atoms with Crippen molar-refractivity contribution in [1.82, 2.24) is 5.32 Å². The van der Waals surface area contributed by atoms with E-state index in [9.17, 15) is 13.2 Å². The second-order valence-electron chi connectivity index (χ2n) is 7.55. The maximum Gasteiger partial charge on any atom is 0.243 e. The molecule has 31 heavy (non-hydrogen) atoms. The molecule has 0 aliphatic carbocycles. The number of carbonyl (C=O) groups excluding carboxylic acids is 1. The van der Waals surface area contributed by atoms with Gasteiger partial charge in [0.15, 0.2) is 11.5 Å². The number of hydrogen-bond donors (Lipinski definition) is 1. The number of ether oxygens (including phenoxy) is 3. The van der Waals surface area contributed by atoms with E-state index < -0.39 is 22.0 Å². The van der Waals surface area contributed by atoms with Crippen molar-refractivity contribution in [1.29, 1.82) is 0 Å². The van der Waals surface area contributed by atoms with Gasteiger partial charge in [-0.05, 0) is 44.5 Å². The number of benzene rings is 2. The Kier molecular flexibility index (Phi) is 6.94. The first-order valence-corrected chi connectivity index (χ1v) is 11.9. The van der Waals surface area contributed by atoms with Crippen LogP contribution >= 0.6 is 0 Å². The van der Waals surface area contributed by atoms with E-state index in [0.29, 0.717) is 30.4 Å². The summed E-state index contributed by atoms with van der Waals surface area (Å²) < 4.78 is 43.0. The topological polar surface area (TPSA) is 94.2 Å². The van der Waals surface area contributed by atoms with Crippen LogP contribution in [-0.4, -0.2) is 52.5 Å². The van der Waals surface area contributed by atoms with Crippen LogP contribution in [0.2, 0.25) is 0 Å². The summed E-state index contributed by atoms with van der Waals surface area (Å²) in [5.41, 5.74) is 1.33. The van der Waals surface area contributed by atoms with E-state index in [0.717, 1.165) is 21.9 Å². The first-order chi connectivity index (χ1) is 14.7. The highest BCUT2D eigenvalue weighted by Gasteiger charge is 2.31. The summed E-state index contributed by atoms with van der Waals surface area (Å²) in [6.07, 6.45) is 1.07. The van der Waals surface area contributed by atoms with Crippen molar-refractivity contribution in [3.8, 4) is 17.2 Å². The van der Waals surface area contributed by atoms with Crippen LogP contribution in [0.4, 0.5) is 5.69 Å². The van der Waals surface area contributed by atoms with Crippen LogP contribution in [0.1, 0.15) is 19.4 Å². The van der Waals surface area contributed by atoms with Crippen LogP contribution < -0.4 is 23.8 Å². The molecule has 168 valence electrons. The summed E-state index contributed by atoms with van der Waals surface area (Å²) in [6.45, 7) is 6.36. The number of para-hydroxylation sites is 1. The zero-order valence-electron chi connectivity index (χ0n) is 18.1. The number of carbonyl (C=O) groups is 1. The van der Waals surface area contributed by atoms with E-state index in [2.05, 4.69) is 5.32 Å². The van der Waals surface area contributed by atoms with Crippen molar-refractivity contribution in [3.05, 3.63) is 48.0 Å². The molecule has 0 radical (unpaired) electrons. The molecule has 0 saturated heterocycles. The molecule has 3 rings (SSSR count). The molecule has 1 N–H and O–H groups in total. The SMILES string of the molecule is Cc1ccccc1OC[C@@H](C)NC(=O)[C@H](C)N(c1ccc2c(c1)OCCO2)S(C)(=O)=O. The highest BCUT2D eigenvalue weighted by Crippen LogP contribution is 2.35. The van der Waals surface area contributed by atoms with Gasteiger partial charge in [0, 0.05) is 6.07 Å². The van der Waals surface area contributed by atoms with Crippen molar-refractivity contribution in [2.24, 2.45) is 0 Å². The lowest BCUT2D eigenvalue weighted by atomic mass is 10.2. The number of nitrogens with zero attached hydrogens (tertiary/aromatic N) is 1. The molecule has 9 heteroatoms. The third-order valence-electron chi connectivity index (χ3n) is 4.84. The van der Waals surface area contributed by atoms with Crippen LogP contribution in [-0.2, 0) is 14.8 Å². The molecule has 2 aromatic carbocycles. The number of nitrogens with one attached hydrogen (secondary N) is 1. The number of aryl methyl sites for hydroxylation is 1. The molecule has 0 bridgehead atoms. The number of fused-ring (bicyclic) bond motifs is 1. The van der Waals surface area contributed by atoms with Gasteiger partial charge in [0.2, 0.25) is 15.9 Å². The van der Waals surface area contributed by atoms with Gasteiger partial charge in [0.1, 0.15) is 31.6 Å². The maximum atomic E-state index is 12.9. The number of sulfonamides is 1. The monoisotopic (exact) mass is 448 g/mol.